The summed E-state index contributed by atoms with van der Waals surface area (Å²) in [6, 6.07) is 6.82. The summed E-state index contributed by atoms with van der Waals surface area (Å²) < 4.78 is 30.7. The minimum atomic E-state index is -3.46. The minimum Gasteiger partial charge on any atom is -0.476 e. The predicted octanol–water partition coefficient (Wildman–Crippen LogP) is 1.13. The van der Waals surface area contributed by atoms with Crippen molar-refractivity contribution in [1.82, 2.24) is 5.32 Å². The zero-order valence-electron chi connectivity index (χ0n) is 12.2. The van der Waals surface area contributed by atoms with Crippen molar-refractivity contribution in [3.63, 3.8) is 0 Å². The molecule has 0 saturated carbocycles. The molecule has 1 N–H and O–H groups in total. The van der Waals surface area contributed by atoms with E-state index in [9.17, 15) is 13.2 Å². The maximum absolute atomic E-state index is 12.1. The standard InChI is InChI=1S/C14H20N2O4S/c1-3-4-9-15-14(17)13-10-16(21(2,18)19)11-7-5-6-8-12(11)20-13/h5-8,13H,3-4,9-10H2,1-2H3,(H,15,17)/t13-/m1/s1. The predicted molar refractivity (Wildman–Crippen MR) is 81.0 cm³/mol. The van der Waals surface area contributed by atoms with Crippen LogP contribution in [0.3, 0.4) is 0 Å². The van der Waals surface area contributed by atoms with Crippen molar-refractivity contribution in [1.29, 1.82) is 0 Å². The van der Waals surface area contributed by atoms with Gasteiger partial charge in [-0.3, -0.25) is 9.10 Å². The lowest BCUT2D eigenvalue weighted by molar-refractivity contribution is -0.127. The van der Waals surface area contributed by atoms with Crippen LogP contribution >= 0.6 is 0 Å². The topological polar surface area (TPSA) is 75.7 Å². The lowest BCUT2D eigenvalue weighted by Gasteiger charge is -2.33. The van der Waals surface area contributed by atoms with Crippen LogP contribution in [0.4, 0.5) is 5.69 Å². The summed E-state index contributed by atoms with van der Waals surface area (Å²) in [5.74, 6) is 0.122. The summed E-state index contributed by atoms with van der Waals surface area (Å²) in [6.45, 7) is 2.59. The lowest BCUT2D eigenvalue weighted by Crippen LogP contribution is -2.50. The fraction of sp³-hybridized carbons (Fsp3) is 0.500. The van der Waals surface area contributed by atoms with E-state index >= 15 is 0 Å². The number of ether oxygens (including phenoxy) is 1. The van der Waals surface area contributed by atoms with E-state index < -0.39 is 16.1 Å². The van der Waals surface area contributed by atoms with Crippen molar-refractivity contribution < 1.29 is 17.9 Å². The summed E-state index contributed by atoms with van der Waals surface area (Å²) in [5.41, 5.74) is 0.470. The molecule has 0 bridgehead atoms. The maximum atomic E-state index is 12.1. The highest BCUT2D eigenvalue weighted by Crippen LogP contribution is 2.34. The number of para-hydroxylation sites is 2. The van der Waals surface area contributed by atoms with Crippen LogP contribution in [-0.2, 0) is 14.8 Å². The molecule has 2 rings (SSSR count). The molecular weight excluding hydrogens is 292 g/mol. The van der Waals surface area contributed by atoms with Gasteiger partial charge in [-0.15, -0.1) is 0 Å². The second kappa shape index (κ2) is 6.34. The van der Waals surface area contributed by atoms with Gasteiger partial charge in [0.05, 0.1) is 18.5 Å². The number of carbonyl (C=O) groups excluding carboxylic acids is 1. The van der Waals surface area contributed by atoms with E-state index in [-0.39, 0.29) is 12.5 Å². The van der Waals surface area contributed by atoms with Gasteiger partial charge in [-0.05, 0) is 18.6 Å². The Labute approximate surface area is 125 Å². The monoisotopic (exact) mass is 312 g/mol. The van der Waals surface area contributed by atoms with Gasteiger partial charge in [0, 0.05) is 6.54 Å². The van der Waals surface area contributed by atoms with Crippen LogP contribution in [-0.4, -0.2) is 39.8 Å². The van der Waals surface area contributed by atoms with Gasteiger partial charge in [0.15, 0.2) is 6.10 Å². The quantitative estimate of drug-likeness (QED) is 0.827. The van der Waals surface area contributed by atoms with Crippen molar-refractivity contribution >= 4 is 21.6 Å². The Hall–Kier alpha value is -1.76. The van der Waals surface area contributed by atoms with Gasteiger partial charge >= 0.3 is 0 Å². The zero-order valence-corrected chi connectivity index (χ0v) is 13.0. The van der Waals surface area contributed by atoms with E-state index in [1.165, 1.54) is 4.31 Å². The molecule has 6 nitrogen and oxygen atoms in total. The highest BCUT2D eigenvalue weighted by atomic mass is 32.2. The Morgan fingerprint density at radius 1 is 1.43 bits per heavy atom. The number of benzene rings is 1. The molecule has 1 aromatic rings. The number of anilines is 1. The normalized spacial score (nSPS) is 17.8. The molecule has 0 unspecified atom stereocenters. The Kier molecular flexibility index (Phi) is 4.72. The van der Waals surface area contributed by atoms with Gasteiger partial charge in [-0.25, -0.2) is 8.42 Å². The van der Waals surface area contributed by atoms with E-state index in [2.05, 4.69) is 5.32 Å². The van der Waals surface area contributed by atoms with Gasteiger partial charge in [0.1, 0.15) is 5.75 Å². The number of unbranched alkanes of at least 4 members (excludes halogenated alkanes) is 1. The number of nitrogens with zero attached hydrogens (tertiary/aromatic N) is 1. The third kappa shape index (κ3) is 3.66. The molecule has 0 saturated heterocycles. The van der Waals surface area contributed by atoms with Crippen LogP contribution < -0.4 is 14.4 Å². The largest absolute Gasteiger partial charge is 0.476 e. The van der Waals surface area contributed by atoms with Gasteiger partial charge in [0.25, 0.3) is 5.91 Å². The molecule has 1 heterocycles. The molecule has 0 fully saturated rings. The molecule has 1 amide bonds. The number of nitrogens with one attached hydrogen (secondary N) is 1. The van der Waals surface area contributed by atoms with E-state index in [0.717, 1.165) is 19.1 Å². The van der Waals surface area contributed by atoms with Crippen LogP contribution in [0.25, 0.3) is 0 Å². The first-order valence-corrected chi connectivity index (χ1v) is 8.79. The molecule has 116 valence electrons. The van der Waals surface area contributed by atoms with Crippen LogP contribution in [0.15, 0.2) is 24.3 Å². The Morgan fingerprint density at radius 2 is 2.14 bits per heavy atom. The molecule has 0 radical (unpaired) electrons. The first-order chi connectivity index (χ1) is 9.93. The average molecular weight is 312 g/mol. The van der Waals surface area contributed by atoms with Crippen molar-refractivity contribution in [2.24, 2.45) is 0 Å². The molecule has 1 aromatic carbocycles. The summed E-state index contributed by atoms with van der Waals surface area (Å²) >= 11 is 0. The maximum Gasteiger partial charge on any atom is 0.263 e. The zero-order chi connectivity index (χ0) is 15.5. The Balaban J connectivity index is 2.20. The van der Waals surface area contributed by atoms with Gasteiger partial charge in [0.2, 0.25) is 10.0 Å². The molecule has 0 aliphatic carbocycles. The van der Waals surface area contributed by atoms with Crippen LogP contribution in [0, 0.1) is 0 Å². The molecular formula is C14H20N2O4S. The SMILES string of the molecule is CCCCNC(=O)[C@H]1CN(S(C)(=O)=O)c2ccccc2O1. The Bertz CT molecular complexity index is 615. The van der Waals surface area contributed by atoms with Crippen LogP contribution in [0.2, 0.25) is 0 Å². The molecule has 1 atom stereocenters. The average Bonchev–Trinajstić information content (AvgIpc) is 2.45. The molecule has 1 aliphatic heterocycles. The van der Waals surface area contributed by atoms with Crippen LogP contribution in [0.5, 0.6) is 5.75 Å². The number of rotatable bonds is 5. The number of hydrogen-bond acceptors (Lipinski definition) is 4. The Morgan fingerprint density at radius 3 is 2.81 bits per heavy atom. The van der Waals surface area contributed by atoms with E-state index in [4.69, 9.17) is 4.74 Å². The number of hydrogen-bond donors (Lipinski definition) is 1. The van der Waals surface area contributed by atoms with E-state index in [1.54, 1.807) is 24.3 Å². The number of fused-ring (bicyclic) bond motifs is 1. The van der Waals surface area contributed by atoms with E-state index in [1.807, 2.05) is 6.92 Å². The second-order valence-electron chi connectivity index (χ2n) is 5.01. The number of sulfonamides is 1. The fourth-order valence-corrected chi connectivity index (χ4v) is 3.07. The van der Waals surface area contributed by atoms with Crippen molar-refractivity contribution in [2.75, 3.05) is 23.7 Å². The highest BCUT2D eigenvalue weighted by Gasteiger charge is 2.34. The summed E-state index contributed by atoms with van der Waals surface area (Å²) in [6.07, 6.45) is 2.15. The third-order valence-electron chi connectivity index (χ3n) is 3.26. The first-order valence-electron chi connectivity index (χ1n) is 6.94. The van der Waals surface area contributed by atoms with Gasteiger partial charge in [-0.1, -0.05) is 25.5 Å². The first kappa shape index (κ1) is 15.6. The van der Waals surface area contributed by atoms with Crippen molar-refractivity contribution in [3.05, 3.63) is 24.3 Å². The molecule has 0 spiro atoms. The lowest BCUT2D eigenvalue weighted by atomic mass is 10.2. The smallest absolute Gasteiger partial charge is 0.263 e. The second-order valence-corrected chi connectivity index (χ2v) is 6.92. The molecule has 1 aliphatic rings. The number of carbonyl (C=O) groups is 1. The van der Waals surface area contributed by atoms with Crippen molar-refractivity contribution in [2.45, 2.75) is 25.9 Å². The number of amides is 1. The highest BCUT2D eigenvalue weighted by molar-refractivity contribution is 7.92. The fourth-order valence-electron chi connectivity index (χ4n) is 2.16. The van der Waals surface area contributed by atoms with Gasteiger partial charge in [-0.2, -0.15) is 0 Å². The summed E-state index contributed by atoms with van der Waals surface area (Å²) in [7, 11) is -3.46. The molecule has 7 heteroatoms. The minimum absolute atomic E-state index is 0.00615. The molecule has 0 aromatic heterocycles. The molecule has 21 heavy (non-hydrogen) atoms. The van der Waals surface area contributed by atoms with E-state index in [0.29, 0.717) is 18.0 Å². The van der Waals surface area contributed by atoms with Crippen LogP contribution in [0.1, 0.15) is 19.8 Å². The van der Waals surface area contributed by atoms with Crippen molar-refractivity contribution in [3.8, 4) is 5.75 Å². The van der Waals surface area contributed by atoms with Gasteiger partial charge < -0.3 is 10.1 Å². The third-order valence-corrected chi connectivity index (χ3v) is 4.40. The summed E-state index contributed by atoms with van der Waals surface area (Å²) in [5, 5.41) is 2.77. The summed E-state index contributed by atoms with van der Waals surface area (Å²) in [4.78, 5) is 12.1.